The van der Waals surface area contributed by atoms with E-state index in [1.54, 1.807) is 28.8 Å². The molecule has 4 aromatic carbocycles. The first-order chi connectivity index (χ1) is 20.9. The van der Waals surface area contributed by atoms with Crippen LogP contribution >= 0.6 is 11.8 Å². The van der Waals surface area contributed by atoms with Gasteiger partial charge in [0.05, 0.1) is 11.0 Å². The lowest BCUT2D eigenvalue weighted by Gasteiger charge is -2.20. The van der Waals surface area contributed by atoms with E-state index in [-0.39, 0.29) is 11.5 Å². The number of hydrogen-bond donors (Lipinski definition) is 2. The summed E-state index contributed by atoms with van der Waals surface area (Å²) in [6.07, 6.45) is 1.31. The molecule has 218 valence electrons. The summed E-state index contributed by atoms with van der Waals surface area (Å²) in [6.45, 7) is 2.07. The number of nitrogens with one attached hydrogen (secondary N) is 2. The van der Waals surface area contributed by atoms with Crippen molar-refractivity contribution in [2.24, 2.45) is 0 Å². The summed E-state index contributed by atoms with van der Waals surface area (Å²) >= 11 is 1.39. The van der Waals surface area contributed by atoms with Crippen molar-refractivity contribution >= 4 is 29.2 Å². The van der Waals surface area contributed by atoms with Crippen LogP contribution in [0.1, 0.15) is 35.5 Å². The number of aryl methyl sites for hydroxylation is 1. The zero-order valence-corrected chi connectivity index (χ0v) is 24.1. The highest BCUT2D eigenvalue weighted by atomic mass is 32.2. The molecule has 1 aromatic heterocycles. The summed E-state index contributed by atoms with van der Waals surface area (Å²) in [5.74, 6) is 0.617. The molecule has 11 heteroatoms. The highest BCUT2D eigenvalue weighted by Gasteiger charge is 2.25. The van der Waals surface area contributed by atoms with Crippen LogP contribution in [0, 0.1) is 15.9 Å². The fraction of sp³-hybridized carbons (Fsp3) is 0.156. The standard InChI is InChI=1S/C32H29FN6O3S/c1-2-22-10-14-26(15-11-22)34-31(40)35-29(20-23-6-4-3-5-7-23)30-36-37-32(43-21-24-8-12-25(33)13-9-24)38(30)27-16-18-28(19-17-27)39(41)42/h3-19,29H,2,20-21H2,1H3,(H2,34,35,40). The van der Waals surface area contributed by atoms with Gasteiger partial charge in [0.25, 0.3) is 5.69 Å². The number of anilines is 1. The summed E-state index contributed by atoms with van der Waals surface area (Å²) in [5, 5.41) is 26.8. The SMILES string of the molecule is CCc1ccc(NC(=O)NC(Cc2ccccc2)c2nnc(SCc3ccc(F)cc3)n2-c2ccc([N+](=O)[O-])cc2)cc1. The first kappa shape index (κ1) is 29.5. The molecule has 5 rings (SSSR count). The van der Waals surface area contributed by atoms with E-state index < -0.39 is 17.0 Å². The van der Waals surface area contributed by atoms with Gasteiger partial charge in [0.15, 0.2) is 11.0 Å². The molecule has 5 aromatic rings. The van der Waals surface area contributed by atoms with Gasteiger partial charge < -0.3 is 10.6 Å². The zero-order chi connectivity index (χ0) is 30.2. The molecule has 0 fully saturated rings. The van der Waals surface area contributed by atoms with Crippen LogP contribution in [0.5, 0.6) is 0 Å². The highest BCUT2D eigenvalue weighted by Crippen LogP contribution is 2.30. The highest BCUT2D eigenvalue weighted by molar-refractivity contribution is 7.98. The molecular weight excluding hydrogens is 567 g/mol. The van der Waals surface area contributed by atoms with Crippen molar-refractivity contribution in [2.45, 2.75) is 36.7 Å². The number of carbonyl (C=O) groups is 1. The van der Waals surface area contributed by atoms with E-state index in [4.69, 9.17) is 0 Å². The average molecular weight is 597 g/mol. The average Bonchev–Trinajstić information content (AvgIpc) is 3.45. The van der Waals surface area contributed by atoms with Crippen LogP contribution in [0.4, 0.5) is 20.6 Å². The number of nitrogens with zero attached hydrogens (tertiary/aromatic N) is 4. The maximum absolute atomic E-state index is 13.5. The van der Waals surface area contributed by atoms with Crippen LogP contribution in [0.15, 0.2) is 108 Å². The number of nitro benzene ring substituents is 1. The van der Waals surface area contributed by atoms with E-state index in [1.165, 1.54) is 36.0 Å². The van der Waals surface area contributed by atoms with Crippen LogP contribution < -0.4 is 10.6 Å². The number of urea groups is 1. The Morgan fingerprint density at radius 3 is 2.23 bits per heavy atom. The minimum Gasteiger partial charge on any atom is -0.327 e. The van der Waals surface area contributed by atoms with E-state index in [2.05, 4.69) is 27.8 Å². The molecule has 0 radical (unpaired) electrons. The van der Waals surface area contributed by atoms with Crippen molar-refractivity contribution in [3.8, 4) is 5.69 Å². The Bertz CT molecular complexity index is 1680. The largest absolute Gasteiger partial charge is 0.327 e. The number of nitro groups is 1. The van der Waals surface area contributed by atoms with Gasteiger partial charge in [-0.3, -0.25) is 14.7 Å². The van der Waals surface area contributed by atoms with Gasteiger partial charge >= 0.3 is 6.03 Å². The Balaban J connectivity index is 1.49. The van der Waals surface area contributed by atoms with Crippen LogP contribution in [0.25, 0.3) is 5.69 Å². The summed E-state index contributed by atoms with van der Waals surface area (Å²) in [5.41, 5.74) is 4.22. The fourth-order valence-electron chi connectivity index (χ4n) is 4.50. The predicted octanol–water partition coefficient (Wildman–Crippen LogP) is 7.27. The fourth-order valence-corrected chi connectivity index (χ4v) is 5.42. The van der Waals surface area contributed by atoms with E-state index in [0.29, 0.717) is 34.5 Å². The molecule has 0 aliphatic heterocycles. The van der Waals surface area contributed by atoms with Gasteiger partial charge in [-0.1, -0.05) is 73.3 Å². The summed E-state index contributed by atoms with van der Waals surface area (Å²) in [6, 6.07) is 28.6. The number of aromatic nitrogens is 3. The molecule has 1 unspecified atom stereocenters. The van der Waals surface area contributed by atoms with Gasteiger partial charge in [0.1, 0.15) is 5.82 Å². The quantitative estimate of drug-likeness (QED) is 0.0941. The first-order valence-corrected chi connectivity index (χ1v) is 14.7. The summed E-state index contributed by atoms with van der Waals surface area (Å²) in [4.78, 5) is 24.1. The van der Waals surface area contributed by atoms with E-state index in [9.17, 15) is 19.3 Å². The number of hydrogen-bond acceptors (Lipinski definition) is 6. The molecule has 9 nitrogen and oxygen atoms in total. The minimum absolute atomic E-state index is 0.0497. The van der Waals surface area contributed by atoms with Crippen molar-refractivity contribution < 1.29 is 14.1 Å². The Kier molecular flexibility index (Phi) is 9.42. The molecule has 1 atom stereocenters. The smallest absolute Gasteiger partial charge is 0.319 e. The number of rotatable bonds is 11. The van der Waals surface area contributed by atoms with Gasteiger partial charge in [-0.15, -0.1) is 10.2 Å². The predicted molar refractivity (Wildman–Crippen MR) is 165 cm³/mol. The Labute approximate surface area is 252 Å². The number of amides is 2. The first-order valence-electron chi connectivity index (χ1n) is 13.7. The summed E-state index contributed by atoms with van der Waals surface area (Å²) < 4.78 is 15.2. The van der Waals surface area contributed by atoms with E-state index in [1.807, 2.05) is 54.6 Å². The van der Waals surface area contributed by atoms with Crippen molar-refractivity contribution in [2.75, 3.05) is 5.32 Å². The molecule has 0 bridgehead atoms. The van der Waals surface area contributed by atoms with Gasteiger partial charge in [-0.05, 0) is 59.5 Å². The molecule has 2 N–H and O–H groups in total. The van der Waals surface area contributed by atoms with Crippen molar-refractivity contribution in [1.82, 2.24) is 20.1 Å². The Hall–Kier alpha value is -5.03. The number of thioether (sulfide) groups is 1. The normalized spacial score (nSPS) is 11.6. The number of non-ortho nitro benzene ring substituents is 1. The van der Waals surface area contributed by atoms with Crippen LogP contribution in [0.3, 0.4) is 0 Å². The molecule has 0 spiro atoms. The number of halogens is 1. The lowest BCUT2D eigenvalue weighted by molar-refractivity contribution is -0.384. The van der Waals surface area contributed by atoms with Crippen LogP contribution in [0.2, 0.25) is 0 Å². The second-order valence-corrected chi connectivity index (χ2v) is 10.7. The van der Waals surface area contributed by atoms with Crippen molar-refractivity contribution in [1.29, 1.82) is 0 Å². The zero-order valence-electron chi connectivity index (χ0n) is 23.3. The monoisotopic (exact) mass is 596 g/mol. The third kappa shape index (κ3) is 7.63. The van der Waals surface area contributed by atoms with Gasteiger partial charge in [-0.2, -0.15) is 0 Å². The van der Waals surface area contributed by atoms with Crippen molar-refractivity contribution in [3.63, 3.8) is 0 Å². The van der Waals surface area contributed by atoms with Crippen molar-refractivity contribution in [3.05, 3.63) is 142 Å². The maximum atomic E-state index is 13.5. The second-order valence-electron chi connectivity index (χ2n) is 9.76. The topological polar surface area (TPSA) is 115 Å². The van der Waals surface area contributed by atoms with E-state index >= 15 is 0 Å². The third-order valence-corrected chi connectivity index (χ3v) is 7.78. The molecular formula is C32H29FN6O3S. The minimum atomic E-state index is -0.611. The molecule has 0 saturated carbocycles. The number of carbonyl (C=O) groups excluding carboxylic acids is 1. The molecule has 0 aliphatic carbocycles. The van der Waals surface area contributed by atoms with Gasteiger partial charge in [0, 0.05) is 35.7 Å². The number of benzene rings is 4. The molecule has 2 amide bonds. The molecule has 43 heavy (non-hydrogen) atoms. The Morgan fingerprint density at radius 2 is 1.58 bits per heavy atom. The lowest BCUT2D eigenvalue weighted by Crippen LogP contribution is -2.35. The maximum Gasteiger partial charge on any atom is 0.319 e. The van der Waals surface area contributed by atoms with Gasteiger partial charge in [-0.25, -0.2) is 9.18 Å². The van der Waals surface area contributed by atoms with Gasteiger partial charge in [0.2, 0.25) is 0 Å². The lowest BCUT2D eigenvalue weighted by atomic mass is 10.1. The van der Waals surface area contributed by atoms with Crippen LogP contribution in [-0.4, -0.2) is 25.7 Å². The van der Waals surface area contributed by atoms with E-state index in [0.717, 1.165) is 23.1 Å². The molecule has 0 saturated heterocycles. The third-order valence-electron chi connectivity index (χ3n) is 6.78. The van der Waals surface area contributed by atoms with Crippen LogP contribution in [-0.2, 0) is 18.6 Å². The molecule has 0 aliphatic rings. The Morgan fingerprint density at radius 1 is 0.907 bits per heavy atom. The second kappa shape index (κ2) is 13.8. The molecule has 1 heterocycles. The summed E-state index contributed by atoms with van der Waals surface area (Å²) in [7, 11) is 0.